The number of nitrogens with one attached hydrogen (secondary N) is 1. The quantitative estimate of drug-likeness (QED) is 0.721. The van der Waals surface area contributed by atoms with Crippen molar-refractivity contribution in [3.05, 3.63) is 0 Å². The maximum absolute atomic E-state index is 11.9. The number of nitrogens with two attached hydrogens (primary N) is 1. The van der Waals surface area contributed by atoms with Crippen molar-refractivity contribution in [2.75, 3.05) is 19.6 Å². The van der Waals surface area contributed by atoms with E-state index in [9.17, 15) is 13.2 Å². The van der Waals surface area contributed by atoms with Crippen LogP contribution in [-0.4, -0.2) is 25.8 Å². The van der Waals surface area contributed by atoms with Gasteiger partial charge >= 0.3 is 6.18 Å². The minimum absolute atomic E-state index is 0.0251. The second-order valence-electron chi connectivity index (χ2n) is 4.61. The summed E-state index contributed by atoms with van der Waals surface area (Å²) in [6, 6.07) is 0. The van der Waals surface area contributed by atoms with Crippen LogP contribution in [0.2, 0.25) is 0 Å². The molecule has 0 bridgehead atoms. The van der Waals surface area contributed by atoms with Crippen molar-refractivity contribution in [2.45, 2.75) is 38.3 Å². The summed E-state index contributed by atoms with van der Waals surface area (Å²) in [5.74, 6) is 0.958. The fraction of sp³-hybridized carbons (Fsp3) is 1.00. The van der Waals surface area contributed by atoms with E-state index in [0.717, 1.165) is 12.8 Å². The van der Waals surface area contributed by atoms with Crippen LogP contribution in [0, 0.1) is 11.8 Å². The summed E-state index contributed by atoms with van der Waals surface area (Å²) in [4.78, 5) is 0. The summed E-state index contributed by atoms with van der Waals surface area (Å²) in [6.07, 6.45) is -0.175. The van der Waals surface area contributed by atoms with Crippen LogP contribution < -0.4 is 11.1 Å². The highest BCUT2D eigenvalue weighted by Gasteiger charge is 2.27. The van der Waals surface area contributed by atoms with Crippen LogP contribution in [0.3, 0.4) is 0 Å². The molecule has 1 rings (SSSR count). The number of alkyl halides is 3. The average Bonchev–Trinajstić information content (AvgIpc) is 2.23. The first-order valence-electron chi connectivity index (χ1n) is 6.00. The van der Waals surface area contributed by atoms with E-state index < -0.39 is 12.6 Å². The SMILES string of the molecule is NCC1CCCCC1CNCCC(F)(F)F. The van der Waals surface area contributed by atoms with Crippen LogP contribution in [0.15, 0.2) is 0 Å². The van der Waals surface area contributed by atoms with Gasteiger partial charge in [0.25, 0.3) is 0 Å². The zero-order valence-electron chi connectivity index (χ0n) is 9.52. The third kappa shape index (κ3) is 5.16. The molecule has 0 spiro atoms. The fourth-order valence-electron chi connectivity index (χ4n) is 2.38. The van der Waals surface area contributed by atoms with Crippen LogP contribution in [-0.2, 0) is 0 Å². The number of hydrogen-bond acceptors (Lipinski definition) is 2. The van der Waals surface area contributed by atoms with Crippen LogP contribution in [0.25, 0.3) is 0 Å². The van der Waals surface area contributed by atoms with Gasteiger partial charge in [-0.25, -0.2) is 0 Å². The van der Waals surface area contributed by atoms with Crippen LogP contribution in [0.4, 0.5) is 13.2 Å². The van der Waals surface area contributed by atoms with Crippen molar-refractivity contribution in [1.82, 2.24) is 5.32 Å². The van der Waals surface area contributed by atoms with Gasteiger partial charge < -0.3 is 11.1 Å². The Labute approximate surface area is 94.8 Å². The Morgan fingerprint density at radius 2 is 1.75 bits per heavy atom. The van der Waals surface area contributed by atoms with Crippen molar-refractivity contribution in [1.29, 1.82) is 0 Å². The van der Waals surface area contributed by atoms with E-state index in [1.807, 2.05) is 0 Å². The van der Waals surface area contributed by atoms with Crippen LogP contribution in [0.1, 0.15) is 32.1 Å². The first kappa shape index (κ1) is 13.8. The normalized spacial score (nSPS) is 27.0. The highest BCUT2D eigenvalue weighted by atomic mass is 19.4. The molecule has 1 saturated carbocycles. The maximum atomic E-state index is 11.9. The lowest BCUT2D eigenvalue weighted by Gasteiger charge is -2.30. The molecule has 16 heavy (non-hydrogen) atoms. The number of rotatable bonds is 5. The van der Waals surface area contributed by atoms with Crippen LogP contribution in [0.5, 0.6) is 0 Å². The molecule has 0 aliphatic heterocycles. The fourth-order valence-corrected chi connectivity index (χ4v) is 2.38. The molecule has 0 aromatic rings. The predicted molar refractivity (Wildman–Crippen MR) is 58.0 cm³/mol. The van der Waals surface area contributed by atoms with E-state index in [1.165, 1.54) is 12.8 Å². The Morgan fingerprint density at radius 1 is 1.12 bits per heavy atom. The number of halogens is 3. The molecule has 3 N–H and O–H groups in total. The second-order valence-corrected chi connectivity index (χ2v) is 4.61. The van der Waals surface area contributed by atoms with Gasteiger partial charge in [-0.1, -0.05) is 12.8 Å². The molecular weight excluding hydrogens is 217 g/mol. The third-order valence-electron chi connectivity index (χ3n) is 3.36. The largest absolute Gasteiger partial charge is 0.390 e. The molecule has 5 heteroatoms. The van der Waals surface area contributed by atoms with Crippen molar-refractivity contribution in [2.24, 2.45) is 17.6 Å². The zero-order valence-corrected chi connectivity index (χ0v) is 9.52. The highest BCUT2D eigenvalue weighted by molar-refractivity contribution is 4.77. The first-order chi connectivity index (χ1) is 7.53. The van der Waals surface area contributed by atoms with Gasteiger partial charge in [0, 0.05) is 6.54 Å². The minimum atomic E-state index is -4.05. The van der Waals surface area contributed by atoms with Gasteiger partial charge in [0.1, 0.15) is 0 Å². The van der Waals surface area contributed by atoms with Crippen molar-refractivity contribution < 1.29 is 13.2 Å². The van der Waals surface area contributed by atoms with E-state index in [4.69, 9.17) is 5.73 Å². The molecule has 0 aromatic heterocycles. The van der Waals surface area contributed by atoms with Crippen molar-refractivity contribution in [3.8, 4) is 0 Å². The lowest BCUT2D eigenvalue weighted by Crippen LogP contribution is -2.35. The summed E-state index contributed by atoms with van der Waals surface area (Å²) < 4.78 is 35.7. The molecule has 0 radical (unpaired) electrons. The predicted octanol–water partition coefficient (Wildman–Crippen LogP) is 2.29. The van der Waals surface area contributed by atoms with Gasteiger partial charge in [0.05, 0.1) is 6.42 Å². The Morgan fingerprint density at radius 3 is 2.31 bits per heavy atom. The molecule has 1 fully saturated rings. The zero-order chi connectivity index (χ0) is 12.0. The summed E-state index contributed by atoms with van der Waals surface area (Å²) >= 11 is 0. The lowest BCUT2D eigenvalue weighted by molar-refractivity contribution is -0.133. The van der Waals surface area contributed by atoms with E-state index in [1.54, 1.807) is 0 Å². The van der Waals surface area contributed by atoms with E-state index in [2.05, 4.69) is 5.32 Å². The molecule has 0 heterocycles. The van der Waals surface area contributed by atoms with E-state index in [-0.39, 0.29) is 6.54 Å². The molecule has 96 valence electrons. The first-order valence-corrected chi connectivity index (χ1v) is 6.00. The average molecular weight is 238 g/mol. The van der Waals surface area contributed by atoms with Crippen LogP contribution >= 0.6 is 0 Å². The Hall–Kier alpha value is -0.290. The van der Waals surface area contributed by atoms with Gasteiger partial charge in [-0.3, -0.25) is 0 Å². The summed E-state index contributed by atoms with van der Waals surface area (Å²) in [6.45, 7) is 1.36. The van der Waals surface area contributed by atoms with Crippen molar-refractivity contribution >= 4 is 0 Å². The van der Waals surface area contributed by atoms with Gasteiger partial charge in [0.2, 0.25) is 0 Å². The smallest absolute Gasteiger partial charge is 0.330 e. The Kier molecular flexibility index (Phi) is 5.55. The Balaban J connectivity index is 2.15. The van der Waals surface area contributed by atoms with E-state index in [0.29, 0.717) is 24.9 Å². The van der Waals surface area contributed by atoms with E-state index >= 15 is 0 Å². The lowest BCUT2D eigenvalue weighted by atomic mass is 9.79. The standard InChI is InChI=1S/C11H21F3N2/c12-11(13,14)5-6-16-8-10-4-2-1-3-9(10)7-15/h9-10,16H,1-8,15H2. The summed E-state index contributed by atoms with van der Waals surface area (Å²) in [5.41, 5.74) is 5.66. The van der Waals surface area contributed by atoms with Crippen molar-refractivity contribution in [3.63, 3.8) is 0 Å². The summed E-state index contributed by atoms with van der Waals surface area (Å²) in [7, 11) is 0. The van der Waals surface area contributed by atoms with Gasteiger partial charge in [-0.05, 0) is 37.8 Å². The Bertz CT molecular complexity index is 194. The third-order valence-corrected chi connectivity index (χ3v) is 3.36. The molecule has 2 atom stereocenters. The molecular formula is C11H21F3N2. The topological polar surface area (TPSA) is 38.0 Å². The summed E-state index contributed by atoms with van der Waals surface area (Å²) in [5, 5.41) is 2.90. The number of hydrogen-bond donors (Lipinski definition) is 2. The molecule has 0 aromatic carbocycles. The minimum Gasteiger partial charge on any atom is -0.330 e. The molecule has 0 amide bonds. The highest BCUT2D eigenvalue weighted by Crippen LogP contribution is 2.28. The monoisotopic (exact) mass is 238 g/mol. The van der Waals surface area contributed by atoms with Gasteiger partial charge in [-0.15, -0.1) is 0 Å². The molecule has 0 saturated heterocycles. The molecule has 1 aliphatic carbocycles. The second kappa shape index (κ2) is 6.45. The maximum Gasteiger partial charge on any atom is 0.390 e. The molecule has 2 nitrogen and oxygen atoms in total. The van der Waals surface area contributed by atoms with Gasteiger partial charge in [0.15, 0.2) is 0 Å². The molecule has 2 unspecified atom stereocenters. The molecule has 1 aliphatic rings. The van der Waals surface area contributed by atoms with Gasteiger partial charge in [-0.2, -0.15) is 13.2 Å².